The third kappa shape index (κ3) is 2.91. The molecule has 0 atom stereocenters. The fraction of sp³-hybridized carbons (Fsp3) is 0.316. The van der Waals surface area contributed by atoms with Gasteiger partial charge in [0.2, 0.25) is 0 Å². The van der Waals surface area contributed by atoms with Gasteiger partial charge in [0.15, 0.2) is 5.78 Å². The summed E-state index contributed by atoms with van der Waals surface area (Å²) in [6.07, 6.45) is 2.71. The molecule has 0 aromatic heterocycles. The van der Waals surface area contributed by atoms with Gasteiger partial charge in [-0.05, 0) is 55.3 Å². The molecule has 108 valence electrons. The summed E-state index contributed by atoms with van der Waals surface area (Å²) in [7, 11) is 4.15. The summed E-state index contributed by atoms with van der Waals surface area (Å²) in [4.78, 5) is 14.3. The molecule has 21 heavy (non-hydrogen) atoms. The zero-order valence-electron chi connectivity index (χ0n) is 12.7. The molecule has 2 heteroatoms. The summed E-state index contributed by atoms with van der Waals surface area (Å²) in [5.74, 6) is 0.295. The summed E-state index contributed by atoms with van der Waals surface area (Å²) < 4.78 is 0. The normalized spacial score (nSPS) is 14.3. The van der Waals surface area contributed by atoms with E-state index in [-0.39, 0.29) is 0 Å². The molecule has 0 saturated carbocycles. The first-order chi connectivity index (χ1) is 10.1. The van der Waals surface area contributed by atoms with Crippen molar-refractivity contribution in [1.82, 2.24) is 4.90 Å². The van der Waals surface area contributed by atoms with Crippen molar-refractivity contribution in [2.75, 3.05) is 14.1 Å². The Kier molecular flexibility index (Phi) is 3.89. The Hall–Kier alpha value is -1.93. The van der Waals surface area contributed by atoms with Crippen molar-refractivity contribution in [3.63, 3.8) is 0 Å². The van der Waals surface area contributed by atoms with Crippen LogP contribution < -0.4 is 0 Å². The highest BCUT2D eigenvalue weighted by Gasteiger charge is 2.18. The van der Waals surface area contributed by atoms with Gasteiger partial charge in [-0.15, -0.1) is 0 Å². The first kappa shape index (κ1) is 14.0. The Morgan fingerprint density at radius 2 is 1.81 bits per heavy atom. The van der Waals surface area contributed by atoms with E-state index in [9.17, 15) is 4.79 Å². The summed E-state index contributed by atoms with van der Waals surface area (Å²) in [6, 6.07) is 14.8. The Morgan fingerprint density at radius 1 is 1.00 bits per heavy atom. The molecule has 0 fully saturated rings. The van der Waals surface area contributed by atoms with Gasteiger partial charge in [-0.3, -0.25) is 4.79 Å². The summed E-state index contributed by atoms with van der Waals surface area (Å²) >= 11 is 0. The van der Waals surface area contributed by atoms with Crippen LogP contribution in [0.2, 0.25) is 0 Å². The number of hydrogen-bond donors (Lipinski definition) is 0. The largest absolute Gasteiger partial charge is 0.305 e. The topological polar surface area (TPSA) is 20.3 Å². The molecule has 2 aromatic rings. The predicted molar refractivity (Wildman–Crippen MR) is 86.5 cm³/mol. The molecule has 0 spiro atoms. The number of rotatable bonds is 3. The molecule has 0 radical (unpaired) electrons. The predicted octanol–water partition coefficient (Wildman–Crippen LogP) is 3.93. The first-order valence-corrected chi connectivity index (χ1v) is 7.54. The molecule has 2 nitrogen and oxygen atoms in total. The van der Waals surface area contributed by atoms with Crippen molar-refractivity contribution >= 4 is 5.78 Å². The smallest absolute Gasteiger partial charge is 0.163 e. The number of aryl methyl sites for hydroxylation is 1. The number of carbonyl (C=O) groups is 1. The molecule has 0 N–H and O–H groups in total. The van der Waals surface area contributed by atoms with Crippen LogP contribution in [-0.4, -0.2) is 24.8 Å². The van der Waals surface area contributed by atoms with Gasteiger partial charge in [-0.1, -0.05) is 36.4 Å². The lowest BCUT2D eigenvalue weighted by molar-refractivity contribution is 0.0972. The van der Waals surface area contributed by atoms with E-state index in [1.807, 2.05) is 0 Å². The van der Waals surface area contributed by atoms with E-state index < -0.39 is 0 Å². The van der Waals surface area contributed by atoms with Crippen molar-refractivity contribution in [3.05, 3.63) is 59.2 Å². The quantitative estimate of drug-likeness (QED) is 0.848. The van der Waals surface area contributed by atoms with E-state index in [0.29, 0.717) is 12.2 Å². The van der Waals surface area contributed by atoms with Gasteiger partial charge >= 0.3 is 0 Å². The molecule has 3 rings (SSSR count). The average molecular weight is 279 g/mol. The SMILES string of the molecule is CN(C)Cc1ccccc1-c1ccc2c(c1)C(=O)CCC2. The lowest BCUT2D eigenvalue weighted by Crippen LogP contribution is -2.12. The lowest BCUT2D eigenvalue weighted by atomic mass is 9.87. The zero-order valence-corrected chi connectivity index (χ0v) is 12.7. The van der Waals surface area contributed by atoms with E-state index in [0.717, 1.165) is 30.5 Å². The average Bonchev–Trinajstić information content (AvgIpc) is 2.47. The summed E-state index contributed by atoms with van der Waals surface area (Å²) in [6.45, 7) is 0.904. The Bertz CT molecular complexity index is 673. The van der Waals surface area contributed by atoms with E-state index >= 15 is 0 Å². The van der Waals surface area contributed by atoms with Crippen molar-refractivity contribution in [1.29, 1.82) is 0 Å². The van der Waals surface area contributed by atoms with Gasteiger partial charge < -0.3 is 4.90 Å². The number of nitrogens with zero attached hydrogens (tertiary/aromatic N) is 1. The van der Waals surface area contributed by atoms with Gasteiger partial charge in [-0.2, -0.15) is 0 Å². The van der Waals surface area contributed by atoms with E-state index in [2.05, 4.69) is 61.5 Å². The van der Waals surface area contributed by atoms with Crippen LogP contribution in [0.3, 0.4) is 0 Å². The van der Waals surface area contributed by atoms with Crippen molar-refractivity contribution in [2.24, 2.45) is 0 Å². The molecule has 0 saturated heterocycles. The maximum Gasteiger partial charge on any atom is 0.163 e. The van der Waals surface area contributed by atoms with Crippen molar-refractivity contribution < 1.29 is 4.79 Å². The van der Waals surface area contributed by atoms with Crippen LogP contribution in [-0.2, 0) is 13.0 Å². The third-order valence-corrected chi connectivity index (χ3v) is 4.08. The molecule has 0 aliphatic heterocycles. The van der Waals surface area contributed by atoms with E-state index in [4.69, 9.17) is 0 Å². The van der Waals surface area contributed by atoms with Crippen LogP contribution >= 0.6 is 0 Å². The van der Waals surface area contributed by atoms with E-state index in [1.54, 1.807) is 0 Å². The van der Waals surface area contributed by atoms with Crippen LogP contribution in [0, 0.1) is 0 Å². The molecule has 0 amide bonds. The number of carbonyl (C=O) groups excluding carboxylic acids is 1. The molecular formula is C19H21NO. The van der Waals surface area contributed by atoms with Gasteiger partial charge in [0.25, 0.3) is 0 Å². The Balaban J connectivity index is 2.05. The molecule has 0 heterocycles. The van der Waals surface area contributed by atoms with Gasteiger partial charge in [0.05, 0.1) is 0 Å². The first-order valence-electron chi connectivity index (χ1n) is 7.54. The Morgan fingerprint density at radius 3 is 2.62 bits per heavy atom. The number of fused-ring (bicyclic) bond motifs is 1. The molecule has 0 bridgehead atoms. The van der Waals surface area contributed by atoms with E-state index in [1.165, 1.54) is 16.7 Å². The third-order valence-electron chi connectivity index (χ3n) is 4.08. The highest BCUT2D eigenvalue weighted by atomic mass is 16.1. The molecule has 1 aliphatic rings. The van der Waals surface area contributed by atoms with Crippen LogP contribution in [0.5, 0.6) is 0 Å². The van der Waals surface area contributed by atoms with Gasteiger partial charge in [0.1, 0.15) is 0 Å². The zero-order chi connectivity index (χ0) is 14.8. The maximum absolute atomic E-state index is 12.1. The van der Waals surface area contributed by atoms with Gasteiger partial charge in [0, 0.05) is 18.5 Å². The minimum atomic E-state index is 0.295. The van der Waals surface area contributed by atoms with Crippen LogP contribution in [0.4, 0.5) is 0 Å². The van der Waals surface area contributed by atoms with Crippen molar-refractivity contribution in [3.8, 4) is 11.1 Å². The number of hydrogen-bond acceptors (Lipinski definition) is 2. The van der Waals surface area contributed by atoms with Gasteiger partial charge in [-0.25, -0.2) is 0 Å². The minimum Gasteiger partial charge on any atom is -0.305 e. The fourth-order valence-electron chi connectivity index (χ4n) is 3.08. The number of Topliss-reactive ketones (excluding diaryl/α,β-unsaturated/α-hetero) is 1. The monoisotopic (exact) mass is 279 g/mol. The highest BCUT2D eigenvalue weighted by molar-refractivity contribution is 5.99. The molecular weight excluding hydrogens is 258 g/mol. The van der Waals surface area contributed by atoms with Crippen LogP contribution in [0.1, 0.15) is 34.3 Å². The lowest BCUT2D eigenvalue weighted by Gasteiger charge is -2.18. The standard InChI is InChI=1S/C19H21NO/c1-20(2)13-16-6-3-4-8-17(16)15-11-10-14-7-5-9-19(21)18(14)12-15/h3-4,6,8,10-12H,5,7,9,13H2,1-2H3. The molecule has 1 aliphatic carbocycles. The molecule has 2 aromatic carbocycles. The molecule has 0 unspecified atom stereocenters. The van der Waals surface area contributed by atoms with Crippen molar-refractivity contribution in [2.45, 2.75) is 25.8 Å². The summed E-state index contributed by atoms with van der Waals surface area (Å²) in [5, 5.41) is 0. The second-order valence-electron chi connectivity index (χ2n) is 6.04. The highest BCUT2D eigenvalue weighted by Crippen LogP contribution is 2.29. The fourth-order valence-corrected chi connectivity index (χ4v) is 3.08. The number of ketones is 1. The Labute approximate surface area is 126 Å². The van der Waals surface area contributed by atoms with Crippen LogP contribution in [0.15, 0.2) is 42.5 Å². The number of benzene rings is 2. The second kappa shape index (κ2) is 5.82. The maximum atomic E-state index is 12.1. The minimum absolute atomic E-state index is 0.295. The van der Waals surface area contributed by atoms with Crippen LogP contribution in [0.25, 0.3) is 11.1 Å². The second-order valence-corrected chi connectivity index (χ2v) is 6.04. The summed E-state index contributed by atoms with van der Waals surface area (Å²) in [5.41, 5.74) is 5.82.